The number of nitrogens with one attached hydrogen (secondary N) is 1. The van der Waals surface area contributed by atoms with Crippen molar-refractivity contribution in [1.82, 2.24) is 0 Å². The molecule has 4 nitrogen and oxygen atoms in total. The van der Waals surface area contributed by atoms with Crippen LogP contribution in [0.25, 0.3) is 6.08 Å². The van der Waals surface area contributed by atoms with Gasteiger partial charge in [-0.15, -0.1) is 0 Å². The number of ether oxygens (including phenoxy) is 2. The molecule has 6 heteroatoms. The van der Waals surface area contributed by atoms with Gasteiger partial charge in [0.25, 0.3) is 0 Å². The number of hydrogen-bond acceptors (Lipinski definition) is 3. The molecule has 0 bridgehead atoms. The van der Waals surface area contributed by atoms with Crippen molar-refractivity contribution in [3.8, 4) is 11.5 Å². The first-order chi connectivity index (χ1) is 11.1. The quantitative estimate of drug-likeness (QED) is 0.778. The molecule has 1 heterocycles. The first-order valence-electron chi connectivity index (χ1n) is 6.95. The minimum absolute atomic E-state index is 0.274. The Morgan fingerprint density at radius 1 is 1.17 bits per heavy atom. The minimum Gasteiger partial charge on any atom is -0.486 e. The molecule has 1 aliphatic rings. The minimum atomic E-state index is -0.274. The van der Waals surface area contributed by atoms with Gasteiger partial charge in [0.15, 0.2) is 11.5 Å². The average Bonchev–Trinajstić information content (AvgIpc) is 2.54. The summed E-state index contributed by atoms with van der Waals surface area (Å²) in [5.74, 6) is 0.888. The lowest BCUT2D eigenvalue weighted by Gasteiger charge is -2.19. The Morgan fingerprint density at radius 2 is 1.91 bits per heavy atom. The summed E-state index contributed by atoms with van der Waals surface area (Å²) in [7, 11) is 0. The maximum absolute atomic E-state index is 12.1. The van der Waals surface area contributed by atoms with E-state index < -0.39 is 0 Å². The van der Waals surface area contributed by atoms with Crippen LogP contribution in [0.4, 0.5) is 5.69 Å². The van der Waals surface area contributed by atoms with E-state index in [4.69, 9.17) is 21.1 Å². The molecule has 0 spiro atoms. The fraction of sp³-hybridized carbons (Fsp3) is 0.118. The van der Waals surface area contributed by atoms with Crippen LogP contribution in [0.5, 0.6) is 11.5 Å². The third-order valence-corrected chi connectivity index (χ3v) is 3.97. The third-order valence-electron chi connectivity index (χ3n) is 3.17. The predicted octanol–water partition coefficient (Wildman–Crippen LogP) is 4.53. The molecule has 0 saturated heterocycles. The number of rotatable bonds is 3. The summed E-state index contributed by atoms with van der Waals surface area (Å²) in [6, 6.07) is 11.0. The van der Waals surface area contributed by atoms with Crippen LogP contribution in [0.1, 0.15) is 5.56 Å². The molecule has 0 saturated carbocycles. The molecule has 0 unspecified atom stereocenters. The van der Waals surface area contributed by atoms with Crippen LogP contribution < -0.4 is 14.8 Å². The smallest absolute Gasteiger partial charge is 0.248 e. The molecule has 2 aromatic rings. The largest absolute Gasteiger partial charge is 0.486 e. The summed E-state index contributed by atoms with van der Waals surface area (Å²) < 4.78 is 11.9. The van der Waals surface area contributed by atoms with Gasteiger partial charge in [-0.1, -0.05) is 39.7 Å². The zero-order valence-electron chi connectivity index (χ0n) is 12.0. The molecule has 0 aliphatic carbocycles. The summed E-state index contributed by atoms with van der Waals surface area (Å²) in [5, 5.41) is 3.14. The predicted molar refractivity (Wildman–Crippen MR) is 94.2 cm³/mol. The van der Waals surface area contributed by atoms with Gasteiger partial charge >= 0.3 is 0 Å². The van der Waals surface area contributed by atoms with Gasteiger partial charge in [-0.3, -0.25) is 4.79 Å². The lowest BCUT2D eigenvalue weighted by atomic mass is 10.2. The van der Waals surface area contributed by atoms with E-state index in [1.165, 1.54) is 6.08 Å². The molecule has 1 N–H and O–H groups in total. The lowest BCUT2D eigenvalue weighted by molar-refractivity contribution is -0.111. The molecule has 2 aromatic carbocycles. The van der Waals surface area contributed by atoms with Crippen molar-refractivity contribution in [2.24, 2.45) is 0 Å². The van der Waals surface area contributed by atoms with Gasteiger partial charge < -0.3 is 14.8 Å². The maximum atomic E-state index is 12.1. The number of anilines is 1. The highest BCUT2D eigenvalue weighted by atomic mass is 79.9. The Hall–Kier alpha value is -1.98. The van der Waals surface area contributed by atoms with Crippen LogP contribution in [0, 0.1) is 0 Å². The van der Waals surface area contributed by atoms with Crippen LogP contribution >= 0.6 is 27.5 Å². The fourth-order valence-electron chi connectivity index (χ4n) is 2.12. The Kier molecular flexibility index (Phi) is 4.88. The highest BCUT2D eigenvalue weighted by molar-refractivity contribution is 9.10. The van der Waals surface area contributed by atoms with E-state index in [0.29, 0.717) is 35.4 Å². The lowest BCUT2D eigenvalue weighted by Crippen LogP contribution is -2.16. The number of carbonyl (C=O) groups is 1. The fourth-order valence-corrected chi connectivity index (χ4v) is 2.73. The second-order valence-corrected chi connectivity index (χ2v) is 6.18. The highest BCUT2D eigenvalue weighted by Gasteiger charge is 2.15. The normalized spacial score (nSPS) is 13.1. The molecular weight excluding hydrogens is 382 g/mol. The zero-order valence-corrected chi connectivity index (χ0v) is 14.4. The summed E-state index contributed by atoms with van der Waals surface area (Å²) in [6.07, 6.45) is 3.18. The van der Waals surface area contributed by atoms with Gasteiger partial charge in [0.2, 0.25) is 5.91 Å². The van der Waals surface area contributed by atoms with Gasteiger partial charge in [-0.2, -0.15) is 0 Å². The van der Waals surface area contributed by atoms with Gasteiger partial charge in [-0.25, -0.2) is 0 Å². The number of amides is 1. The molecule has 118 valence electrons. The molecule has 0 fully saturated rings. The van der Waals surface area contributed by atoms with Crippen LogP contribution in [0.3, 0.4) is 0 Å². The van der Waals surface area contributed by atoms with Crippen molar-refractivity contribution >= 4 is 45.2 Å². The average molecular weight is 395 g/mol. The Balaban J connectivity index is 1.72. The second-order valence-electron chi connectivity index (χ2n) is 4.85. The number of fused-ring (bicyclic) bond motifs is 1. The van der Waals surface area contributed by atoms with E-state index in [0.717, 1.165) is 10.0 Å². The molecule has 1 aliphatic heterocycles. The molecular formula is C17H13BrClNO3. The first kappa shape index (κ1) is 15.9. The summed E-state index contributed by atoms with van der Waals surface area (Å²) in [5.41, 5.74) is 1.41. The van der Waals surface area contributed by atoms with Gasteiger partial charge in [-0.05, 0) is 23.8 Å². The molecule has 1 amide bonds. The Labute approximate surface area is 147 Å². The third kappa shape index (κ3) is 4.06. The SMILES string of the molecule is O=C(/C=C/c1cccc(Br)c1)Nc1cc2c(cc1Cl)OCCO2. The van der Waals surface area contributed by atoms with Gasteiger partial charge in [0, 0.05) is 22.7 Å². The van der Waals surface area contributed by atoms with Crippen molar-refractivity contribution in [2.75, 3.05) is 18.5 Å². The topological polar surface area (TPSA) is 47.6 Å². The summed E-state index contributed by atoms with van der Waals surface area (Å²) in [6.45, 7) is 0.967. The Bertz CT molecular complexity index is 776. The van der Waals surface area contributed by atoms with E-state index in [2.05, 4.69) is 21.2 Å². The van der Waals surface area contributed by atoms with E-state index in [-0.39, 0.29) is 5.91 Å². The van der Waals surface area contributed by atoms with Crippen molar-refractivity contribution < 1.29 is 14.3 Å². The maximum Gasteiger partial charge on any atom is 0.248 e. The molecule has 3 rings (SSSR count). The van der Waals surface area contributed by atoms with Crippen molar-refractivity contribution in [3.05, 3.63) is 57.5 Å². The number of carbonyl (C=O) groups excluding carboxylic acids is 1. The van der Waals surface area contributed by atoms with E-state index in [9.17, 15) is 4.79 Å². The Morgan fingerprint density at radius 3 is 2.65 bits per heavy atom. The van der Waals surface area contributed by atoms with Crippen molar-refractivity contribution in [1.29, 1.82) is 0 Å². The monoisotopic (exact) mass is 393 g/mol. The van der Waals surface area contributed by atoms with Crippen molar-refractivity contribution in [3.63, 3.8) is 0 Å². The first-order valence-corrected chi connectivity index (χ1v) is 8.13. The zero-order chi connectivity index (χ0) is 16.2. The summed E-state index contributed by atoms with van der Waals surface area (Å²) in [4.78, 5) is 12.1. The van der Waals surface area contributed by atoms with E-state index in [1.807, 2.05) is 24.3 Å². The van der Waals surface area contributed by atoms with Gasteiger partial charge in [0.05, 0.1) is 10.7 Å². The van der Waals surface area contributed by atoms with Crippen LogP contribution in [-0.4, -0.2) is 19.1 Å². The van der Waals surface area contributed by atoms with Gasteiger partial charge in [0.1, 0.15) is 13.2 Å². The molecule has 23 heavy (non-hydrogen) atoms. The molecule has 0 aromatic heterocycles. The van der Waals surface area contributed by atoms with Crippen LogP contribution in [-0.2, 0) is 4.79 Å². The number of halogens is 2. The standard InChI is InChI=1S/C17H13BrClNO3/c18-12-3-1-2-11(8-12)4-5-17(21)20-14-10-16-15(9-13(14)19)22-6-7-23-16/h1-5,8-10H,6-7H2,(H,20,21)/b5-4+. The summed E-state index contributed by atoms with van der Waals surface area (Å²) >= 11 is 9.55. The number of hydrogen-bond donors (Lipinski definition) is 1. The van der Waals surface area contributed by atoms with E-state index >= 15 is 0 Å². The highest BCUT2D eigenvalue weighted by Crippen LogP contribution is 2.37. The second kappa shape index (κ2) is 7.06. The van der Waals surface area contributed by atoms with Crippen LogP contribution in [0.2, 0.25) is 5.02 Å². The van der Waals surface area contributed by atoms with Crippen molar-refractivity contribution in [2.45, 2.75) is 0 Å². The molecule has 0 radical (unpaired) electrons. The number of benzene rings is 2. The van der Waals surface area contributed by atoms with Crippen LogP contribution in [0.15, 0.2) is 46.9 Å². The van der Waals surface area contributed by atoms with E-state index in [1.54, 1.807) is 18.2 Å². The molecule has 0 atom stereocenters.